The van der Waals surface area contributed by atoms with Crippen LogP contribution in [0.5, 0.6) is 0 Å². The van der Waals surface area contributed by atoms with E-state index in [4.69, 9.17) is 5.26 Å². The normalized spacial score (nSPS) is 12.2. The van der Waals surface area contributed by atoms with Gasteiger partial charge in [-0.15, -0.1) is 0 Å². The Bertz CT molecular complexity index is 429. The number of carbonyl (C=O) groups is 1. The van der Waals surface area contributed by atoms with Gasteiger partial charge in [-0.3, -0.25) is 4.79 Å². The van der Waals surface area contributed by atoms with Gasteiger partial charge in [-0.2, -0.15) is 5.26 Å². The van der Waals surface area contributed by atoms with Crippen molar-refractivity contribution in [1.29, 1.82) is 5.26 Å². The summed E-state index contributed by atoms with van der Waals surface area (Å²) in [6.07, 6.45) is 0.917. The number of aromatic amines is 1. The van der Waals surface area contributed by atoms with E-state index >= 15 is 0 Å². The summed E-state index contributed by atoms with van der Waals surface area (Å²) in [5.74, 6) is -0.206. The molecule has 1 rings (SSSR count). The zero-order valence-corrected chi connectivity index (χ0v) is 10.3. The highest BCUT2D eigenvalue weighted by Crippen LogP contribution is 2.09. The molecule has 0 aliphatic rings. The minimum atomic E-state index is -0.577. The molecule has 0 bridgehead atoms. The molecule has 0 aromatic carbocycles. The molecule has 1 amide bonds. The second-order valence-electron chi connectivity index (χ2n) is 4.31. The summed E-state index contributed by atoms with van der Waals surface area (Å²) >= 11 is 0. The fourth-order valence-electron chi connectivity index (χ4n) is 1.55. The number of carbonyl (C=O) groups excluding carboxylic acids is 1. The van der Waals surface area contributed by atoms with Crippen molar-refractivity contribution in [2.45, 2.75) is 32.9 Å². The average molecular weight is 235 g/mol. The predicted molar refractivity (Wildman–Crippen MR) is 63.4 cm³/mol. The van der Waals surface area contributed by atoms with Gasteiger partial charge in [0.2, 0.25) is 0 Å². The van der Waals surface area contributed by atoms with Gasteiger partial charge < -0.3 is 15.0 Å². The van der Waals surface area contributed by atoms with E-state index < -0.39 is 6.10 Å². The van der Waals surface area contributed by atoms with E-state index in [2.05, 4.69) is 4.98 Å². The Kier molecular flexibility index (Phi) is 4.30. The van der Waals surface area contributed by atoms with Crippen molar-refractivity contribution in [3.05, 3.63) is 23.5 Å². The SMILES string of the molecule is CC(O)CN(C(=O)c1cc(C#N)c[nH]1)C(C)C. The third-order valence-corrected chi connectivity index (χ3v) is 2.39. The maximum absolute atomic E-state index is 12.1. The van der Waals surface area contributed by atoms with Crippen molar-refractivity contribution in [3.8, 4) is 6.07 Å². The topological polar surface area (TPSA) is 80.1 Å². The molecule has 5 heteroatoms. The molecule has 0 radical (unpaired) electrons. The summed E-state index contributed by atoms with van der Waals surface area (Å²) in [5.41, 5.74) is 0.796. The van der Waals surface area contributed by atoms with Crippen molar-refractivity contribution < 1.29 is 9.90 Å². The first-order chi connectivity index (χ1) is 7.95. The largest absolute Gasteiger partial charge is 0.392 e. The van der Waals surface area contributed by atoms with Crippen LogP contribution in [0.2, 0.25) is 0 Å². The van der Waals surface area contributed by atoms with Crippen LogP contribution in [0.25, 0.3) is 0 Å². The van der Waals surface area contributed by atoms with E-state index in [1.54, 1.807) is 11.8 Å². The molecule has 1 aromatic rings. The van der Waals surface area contributed by atoms with E-state index in [1.165, 1.54) is 12.3 Å². The number of H-pyrrole nitrogens is 1. The van der Waals surface area contributed by atoms with Gasteiger partial charge in [0.05, 0.1) is 11.7 Å². The molecule has 0 fully saturated rings. The van der Waals surface area contributed by atoms with Crippen LogP contribution in [0.1, 0.15) is 36.8 Å². The Morgan fingerprint density at radius 2 is 2.24 bits per heavy atom. The second kappa shape index (κ2) is 5.51. The molecule has 0 saturated heterocycles. The number of aliphatic hydroxyl groups is 1. The van der Waals surface area contributed by atoms with Crippen molar-refractivity contribution in [3.63, 3.8) is 0 Å². The van der Waals surface area contributed by atoms with Gasteiger partial charge in [-0.25, -0.2) is 0 Å². The summed E-state index contributed by atoms with van der Waals surface area (Å²) in [4.78, 5) is 16.5. The van der Waals surface area contributed by atoms with Gasteiger partial charge in [0, 0.05) is 18.8 Å². The standard InChI is InChI=1S/C12H17N3O2/c1-8(2)15(7-9(3)16)12(17)11-4-10(5-13)6-14-11/h4,6,8-9,14,16H,7H2,1-3H3. The number of rotatable bonds is 4. The molecular formula is C12H17N3O2. The maximum atomic E-state index is 12.1. The molecule has 0 aliphatic heterocycles. The van der Waals surface area contributed by atoms with E-state index in [0.29, 0.717) is 11.3 Å². The lowest BCUT2D eigenvalue weighted by Crippen LogP contribution is -2.41. The van der Waals surface area contributed by atoms with Crippen molar-refractivity contribution in [1.82, 2.24) is 9.88 Å². The average Bonchev–Trinajstić information content (AvgIpc) is 2.72. The van der Waals surface area contributed by atoms with Crippen LogP contribution < -0.4 is 0 Å². The minimum absolute atomic E-state index is 0.00839. The van der Waals surface area contributed by atoms with E-state index in [9.17, 15) is 9.90 Å². The van der Waals surface area contributed by atoms with Crippen LogP contribution in [0.3, 0.4) is 0 Å². The Hall–Kier alpha value is -1.80. The van der Waals surface area contributed by atoms with Crippen LogP contribution >= 0.6 is 0 Å². The molecule has 1 unspecified atom stereocenters. The molecule has 0 saturated carbocycles. The Balaban J connectivity index is 2.88. The highest BCUT2D eigenvalue weighted by Gasteiger charge is 2.21. The highest BCUT2D eigenvalue weighted by molar-refractivity contribution is 5.93. The molecule has 5 nitrogen and oxygen atoms in total. The first-order valence-electron chi connectivity index (χ1n) is 5.53. The minimum Gasteiger partial charge on any atom is -0.392 e. The number of aliphatic hydroxyl groups excluding tert-OH is 1. The summed E-state index contributed by atoms with van der Waals surface area (Å²) in [7, 11) is 0. The van der Waals surface area contributed by atoms with Crippen LogP contribution in [-0.2, 0) is 0 Å². The summed E-state index contributed by atoms with van der Waals surface area (Å²) in [5, 5.41) is 18.1. The molecule has 2 N–H and O–H groups in total. The quantitative estimate of drug-likeness (QED) is 0.820. The molecule has 1 heterocycles. The van der Waals surface area contributed by atoms with Gasteiger partial charge in [-0.05, 0) is 26.8 Å². The Morgan fingerprint density at radius 1 is 1.59 bits per heavy atom. The fraction of sp³-hybridized carbons (Fsp3) is 0.500. The van der Waals surface area contributed by atoms with Gasteiger partial charge in [0.25, 0.3) is 5.91 Å². The van der Waals surface area contributed by atoms with Gasteiger partial charge in [0.15, 0.2) is 0 Å². The van der Waals surface area contributed by atoms with Gasteiger partial charge >= 0.3 is 0 Å². The van der Waals surface area contributed by atoms with Gasteiger partial charge in [-0.1, -0.05) is 0 Å². The van der Waals surface area contributed by atoms with E-state index in [-0.39, 0.29) is 18.5 Å². The van der Waals surface area contributed by atoms with Gasteiger partial charge in [0.1, 0.15) is 11.8 Å². The number of amides is 1. The molecule has 0 spiro atoms. The van der Waals surface area contributed by atoms with Crippen molar-refractivity contribution in [2.24, 2.45) is 0 Å². The van der Waals surface area contributed by atoms with Crippen molar-refractivity contribution >= 4 is 5.91 Å². The molecule has 0 aliphatic carbocycles. The lowest BCUT2D eigenvalue weighted by atomic mass is 10.2. The molecule has 1 atom stereocenters. The number of nitrogens with one attached hydrogen (secondary N) is 1. The first-order valence-corrected chi connectivity index (χ1v) is 5.53. The van der Waals surface area contributed by atoms with Crippen LogP contribution in [0.15, 0.2) is 12.3 Å². The van der Waals surface area contributed by atoms with Crippen LogP contribution in [0.4, 0.5) is 0 Å². The second-order valence-corrected chi connectivity index (χ2v) is 4.31. The number of nitrogens with zero attached hydrogens (tertiary/aromatic N) is 2. The maximum Gasteiger partial charge on any atom is 0.270 e. The lowest BCUT2D eigenvalue weighted by Gasteiger charge is -2.27. The zero-order valence-electron chi connectivity index (χ0n) is 10.3. The monoisotopic (exact) mass is 235 g/mol. The first kappa shape index (κ1) is 13.3. The number of hydrogen-bond donors (Lipinski definition) is 2. The smallest absolute Gasteiger partial charge is 0.270 e. The highest BCUT2D eigenvalue weighted by atomic mass is 16.3. The molecule has 92 valence electrons. The molecule has 17 heavy (non-hydrogen) atoms. The number of nitriles is 1. The Morgan fingerprint density at radius 3 is 2.65 bits per heavy atom. The molecule has 1 aromatic heterocycles. The third-order valence-electron chi connectivity index (χ3n) is 2.39. The summed E-state index contributed by atoms with van der Waals surface area (Å²) in [6.45, 7) is 5.68. The third kappa shape index (κ3) is 3.33. The van der Waals surface area contributed by atoms with E-state index in [0.717, 1.165) is 0 Å². The van der Waals surface area contributed by atoms with Crippen LogP contribution in [0, 0.1) is 11.3 Å². The number of hydrogen-bond acceptors (Lipinski definition) is 3. The van der Waals surface area contributed by atoms with Crippen LogP contribution in [-0.4, -0.2) is 39.6 Å². The lowest BCUT2D eigenvalue weighted by molar-refractivity contribution is 0.0574. The van der Waals surface area contributed by atoms with Crippen molar-refractivity contribution in [2.75, 3.05) is 6.54 Å². The predicted octanol–water partition coefficient (Wildman–Crippen LogP) is 1.12. The Labute approximate surface area is 101 Å². The summed E-state index contributed by atoms with van der Waals surface area (Å²) in [6, 6.07) is 3.47. The zero-order chi connectivity index (χ0) is 13.0. The number of aromatic nitrogens is 1. The summed E-state index contributed by atoms with van der Waals surface area (Å²) < 4.78 is 0. The molecular weight excluding hydrogens is 218 g/mol. The fourth-order valence-corrected chi connectivity index (χ4v) is 1.55. The van der Waals surface area contributed by atoms with E-state index in [1.807, 2.05) is 19.9 Å².